The van der Waals surface area contributed by atoms with Gasteiger partial charge < -0.3 is 14.9 Å². The molecule has 2 unspecified atom stereocenters. The normalized spacial score (nSPS) is 33.8. The van der Waals surface area contributed by atoms with Crippen LogP contribution in [0.15, 0.2) is 119 Å². The second kappa shape index (κ2) is 13.9. The minimum atomic E-state index is -0.333. The monoisotopic (exact) mass is 584 g/mol. The molecular formula is C40H56O3. The van der Waals surface area contributed by atoms with E-state index in [1.807, 2.05) is 6.08 Å². The molecule has 1 aliphatic heterocycles. The number of rotatable bonds is 10. The van der Waals surface area contributed by atoms with Crippen molar-refractivity contribution in [1.29, 1.82) is 0 Å². The van der Waals surface area contributed by atoms with Crippen LogP contribution in [0.1, 0.15) is 88.5 Å². The van der Waals surface area contributed by atoms with E-state index in [0.717, 1.165) is 12.8 Å². The summed E-state index contributed by atoms with van der Waals surface area (Å²) in [5.74, 6) is 0.345. The largest absolute Gasteiger partial charge is 0.393 e. The molecule has 0 bridgehead atoms. The van der Waals surface area contributed by atoms with Gasteiger partial charge in [-0.05, 0) is 65.9 Å². The van der Waals surface area contributed by atoms with Crippen molar-refractivity contribution in [1.82, 2.24) is 0 Å². The minimum Gasteiger partial charge on any atom is -0.393 e. The van der Waals surface area contributed by atoms with Gasteiger partial charge in [0.05, 0.1) is 12.2 Å². The van der Waals surface area contributed by atoms with E-state index >= 15 is 0 Å². The maximum atomic E-state index is 10.2. The van der Waals surface area contributed by atoms with Crippen LogP contribution < -0.4 is 0 Å². The van der Waals surface area contributed by atoms with E-state index < -0.39 is 0 Å². The molecule has 0 aromatic rings. The molecule has 3 nitrogen and oxygen atoms in total. The summed E-state index contributed by atoms with van der Waals surface area (Å²) in [6, 6.07) is 0. The van der Waals surface area contributed by atoms with E-state index in [1.54, 1.807) is 0 Å². The van der Waals surface area contributed by atoms with Gasteiger partial charge in [-0.1, -0.05) is 141 Å². The van der Waals surface area contributed by atoms with Crippen LogP contribution in [-0.4, -0.2) is 33.6 Å². The number of allylic oxidation sites excluding steroid dienone is 18. The summed E-state index contributed by atoms with van der Waals surface area (Å²) in [5, 5.41) is 20.3. The van der Waals surface area contributed by atoms with Gasteiger partial charge >= 0.3 is 0 Å². The molecule has 0 spiro atoms. The highest BCUT2D eigenvalue weighted by atomic mass is 16.6. The molecule has 234 valence electrons. The molecule has 0 radical (unpaired) electrons. The molecule has 2 fully saturated rings. The van der Waals surface area contributed by atoms with Crippen molar-refractivity contribution in [3.05, 3.63) is 119 Å². The SMILES string of the molecule is CC1=C[C@H](O)CC(C)(C)[C@H]1/C=C/C(C)=C\C=C\C(C)=C\C=C\C=C(C)\C=C\C=C(C)\C=C\C12OC1(C)C[C@H](O)CC2(C)C. The predicted molar refractivity (Wildman–Crippen MR) is 184 cm³/mol. The van der Waals surface area contributed by atoms with Gasteiger partial charge in [-0.3, -0.25) is 0 Å². The van der Waals surface area contributed by atoms with Gasteiger partial charge in [-0.15, -0.1) is 0 Å². The number of epoxide rings is 1. The lowest BCUT2D eigenvalue weighted by molar-refractivity contribution is 0.0515. The third-order valence-electron chi connectivity index (χ3n) is 9.43. The number of hydrogen-bond acceptors (Lipinski definition) is 3. The van der Waals surface area contributed by atoms with Gasteiger partial charge in [0.2, 0.25) is 0 Å². The van der Waals surface area contributed by atoms with Gasteiger partial charge in [0.1, 0.15) is 11.2 Å². The van der Waals surface area contributed by atoms with Crippen LogP contribution >= 0.6 is 0 Å². The number of ether oxygens (including phenoxy) is 1. The summed E-state index contributed by atoms with van der Waals surface area (Å²) in [7, 11) is 0. The molecule has 0 aromatic heterocycles. The Morgan fingerprint density at radius 3 is 1.77 bits per heavy atom. The Hall–Kier alpha value is -2.72. The Bertz CT molecular complexity index is 1320. The van der Waals surface area contributed by atoms with E-state index in [1.165, 1.54) is 27.9 Å². The summed E-state index contributed by atoms with van der Waals surface area (Å²) < 4.78 is 6.25. The molecule has 3 rings (SSSR count). The minimum absolute atomic E-state index is 0.0547. The van der Waals surface area contributed by atoms with E-state index in [-0.39, 0.29) is 34.2 Å². The maximum absolute atomic E-state index is 10.2. The average molecular weight is 585 g/mol. The van der Waals surface area contributed by atoms with Crippen molar-refractivity contribution in [2.45, 2.75) is 112 Å². The van der Waals surface area contributed by atoms with E-state index in [4.69, 9.17) is 4.74 Å². The number of aliphatic hydroxyl groups excluding tert-OH is 2. The molecule has 2 aliphatic carbocycles. The van der Waals surface area contributed by atoms with Crippen LogP contribution in [0.25, 0.3) is 0 Å². The zero-order valence-electron chi connectivity index (χ0n) is 28.3. The smallest absolute Gasteiger partial charge is 0.121 e. The van der Waals surface area contributed by atoms with Gasteiger partial charge in [0.15, 0.2) is 0 Å². The van der Waals surface area contributed by atoms with Crippen molar-refractivity contribution < 1.29 is 14.9 Å². The Morgan fingerprint density at radius 1 is 0.721 bits per heavy atom. The number of hydrogen-bond donors (Lipinski definition) is 2. The zero-order chi connectivity index (χ0) is 32.1. The van der Waals surface area contributed by atoms with Crippen molar-refractivity contribution in [2.24, 2.45) is 16.7 Å². The van der Waals surface area contributed by atoms with Gasteiger partial charge in [0, 0.05) is 17.8 Å². The molecule has 2 N–H and O–H groups in total. The molecule has 3 heteroatoms. The fraction of sp³-hybridized carbons (Fsp3) is 0.500. The standard InChI is InChI=1S/C40H56O3/c1-29(17-13-19-31(3)21-22-36-33(5)25-34(41)26-37(36,6)7)15-11-12-16-30(2)18-14-20-32(4)23-24-40-38(8,9)27-35(42)28-39(40,10)43-40/h11-25,34-36,41-42H,26-28H2,1-10H3/b12-11+,17-13+,18-14+,22-21+,24-23+,29-15+,30-16+,31-19-,32-20+/t34-,35+,36-,39?,40?/m0/s1. The first kappa shape index (κ1) is 34.8. The van der Waals surface area contributed by atoms with E-state index in [2.05, 4.69) is 154 Å². The lowest BCUT2D eigenvalue weighted by atomic mass is 9.63. The Morgan fingerprint density at radius 2 is 1.23 bits per heavy atom. The predicted octanol–water partition coefficient (Wildman–Crippen LogP) is 9.61. The first-order valence-corrected chi connectivity index (χ1v) is 15.8. The molecule has 43 heavy (non-hydrogen) atoms. The first-order chi connectivity index (χ1) is 20.0. The van der Waals surface area contributed by atoms with Gasteiger partial charge in [-0.2, -0.15) is 0 Å². The average Bonchev–Trinajstić information content (AvgIpc) is 3.49. The second-order valence-electron chi connectivity index (χ2n) is 14.6. The number of aliphatic hydroxyl groups is 2. The third-order valence-corrected chi connectivity index (χ3v) is 9.43. The highest BCUT2D eigenvalue weighted by Crippen LogP contribution is 2.66. The zero-order valence-corrected chi connectivity index (χ0v) is 28.3. The lowest BCUT2D eigenvalue weighted by Crippen LogP contribution is -2.46. The van der Waals surface area contributed by atoms with Crippen molar-refractivity contribution in [3.63, 3.8) is 0 Å². The van der Waals surface area contributed by atoms with Crippen LogP contribution in [0.4, 0.5) is 0 Å². The topological polar surface area (TPSA) is 53.0 Å². The summed E-state index contributed by atoms with van der Waals surface area (Å²) in [4.78, 5) is 0. The molecule has 1 heterocycles. The van der Waals surface area contributed by atoms with Crippen molar-refractivity contribution in [3.8, 4) is 0 Å². The highest BCUT2D eigenvalue weighted by Gasteiger charge is 2.74. The molecule has 1 saturated heterocycles. The summed E-state index contributed by atoms with van der Waals surface area (Å²) in [6.07, 6.45) is 33.5. The first-order valence-electron chi connectivity index (χ1n) is 15.8. The molecule has 1 saturated carbocycles. The van der Waals surface area contributed by atoms with E-state index in [9.17, 15) is 10.2 Å². The quantitative estimate of drug-likeness (QED) is 0.153. The molecule has 5 atom stereocenters. The van der Waals surface area contributed by atoms with Crippen molar-refractivity contribution in [2.75, 3.05) is 0 Å². The van der Waals surface area contributed by atoms with Crippen LogP contribution in [0.2, 0.25) is 0 Å². The Balaban J connectivity index is 1.49. The van der Waals surface area contributed by atoms with Crippen molar-refractivity contribution >= 4 is 0 Å². The summed E-state index contributed by atoms with van der Waals surface area (Å²) in [5.41, 5.74) is 5.38. The molecule has 0 amide bonds. The van der Waals surface area contributed by atoms with Gasteiger partial charge in [0.25, 0.3) is 0 Å². The van der Waals surface area contributed by atoms with Crippen LogP contribution in [0.3, 0.4) is 0 Å². The van der Waals surface area contributed by atoms with Crippen LogP contribution in [-0.2, 0) is 4.74 Å². The summed E-state index contributed by atoms with van der Waals surface area (Å²) in [6.45, 7) is 21.5. The van der Waals surface area contributed by atoms with Crippen LogP contribution in [0, 0.1) is 16.7 Å². The Labute approximate surface area is 262 Å². The van der Waals surface area contributed by atoms with Gasteiger partial charge in [-0.25, -0.2) is 0 Å². The third kappa shape index (κ3) is 8.91. The fourth-order valence-electron chi connectivity index (χ4n) is 7.07. The molecule has 0 aromatic carbocycles. The number of fused-ring (bicyclic) bond motifs is 1. The fourth-order valence-corrected chi connectivity index (χ4v) is 7.07. The summed E-state index contributed by atoms with van der Waals surface area (Å²) >= 11 is 0. The molecular weight excluding hydrogens is 528 g/mol. The highest BCUT2D eigenvalue weighted by molar-refractivity contribution is 5.37. The van der Waals surface area contributed by atoms with E-state index in [0.29, 0.717) is 12.3 Å². The Kier molecular flexibility index (Phi) is 11.3. The second-order valence-corrected chi connectivity index (χ2v) is 14.6. The molecule has 3 aliphatic rings. The van der Waals surface area contributed by atoms with Crippen LogP contribution in [0.5, 0.6) is 0 Å². The lowest BCUT2D eigenvalue weighted by Gasteiger charge is -2.39. The maximum Gasteiger partial charge on any atom is 0.121 e.